The highest BCUT2D eigenvalue weighted by atomic mass is 32.2. The van der Waals surface area contributed by atoms with E-state index < -0.39 is 16.0 Å². The van der Waals surface area contributed by atoms with Crippen molar-refractivity contribution in [2.24, 2.45) is 0 Å². The van der Waals surface area contributed by atoms with Crippen LogP contribution in [0.25, 0.3) is 0 Å². The largest absolute Gasteiger partial charge is 0.302 e. The molecule has 1 aliphatic carbocycles. The van der Waals surface area contributed by atoms with Crippen molar-refractivity contribution in [2.75, 3.05) is 0 Å². The van der Waals surface area contributed by atoms with E-state index in [-0.39, 0.29) is 17.0 Å². The smallest absolute Gasteiger partial charge is 0.264 e. The maximum atomic E-state index is 10.6. The Morgan fingerprint density at radius 2 is 2.33 bits per heavy atom. The van der Waals surface area contributed by atoms with E-state index in [1.165, 1.54) is 6.08 Å². The van der Waals surface area contributed by atoms with E-state index in [9.17, 15) is 14.3 Å². The Balaban J connectivity index is 3.08. The highest BCUT2D eigenvalue weighted by Gasteiger charge is 2.22. The molecule has 0 aromatic carbocycles. The Labute approximate surface area is 71.2 Å². The topological polar surface area (TPSA) is 80.4 Å². The zero-order valence-electron chi connectivity index (χ0n) is 6.10. The van der Waals surface area contributed by atoms with Crippen molar-refractivity contribution in [3.8, 4) is 0 Å². The molecule has 0 radical (unpaired) electrons. The Hall–Kier alpha value is -1.01. The number of nitrogens with zero attached hydrogens (tertiary/aromatic N) is 1. The monoisotopic (exact) mass is 189 g/mol. The number of allylic oxidation sites excluding steroid dienone is 3. The molecular formula is C6H7NO4S. The van der Waals surface area contributed by atoms with Gasteiger partial charge in [-0.05, 0) is 12.5 Å². The lowest BCUT2D eigenvalue weighted by atomic mass is 10.1. The summed E-state index contributed by atoms with van der Waals surface area (Å²) in [6, 6.07) is 0. The molecule has 12 heavy (non-hydrogen) atoms. The summed E-state index contributed by atoms with van der Waals surface area (Å²) in [6.45, 7) is 0. The molecular weight excluding hydrogens is 182 g/mol. The quantitative estimate of drug-likeness (QED) is 0.400. The highest BCUT2D eigenvalue weighted by molar-refractivity contribution is 7.83. The summed E-state index contributed by atoms with van der Waals surface area (Å²) in [5.41, 5.74) is -0.154. The van der Waals surface area contributed by atoms with Crippen LogP contribution in [0.3, 0.4) is 0 Å². The van der Waals surface area contributed by atoms with Crippen molar-refractivity contribution in [1.82, 2.24) is 0 Å². The molecule has 0 heterocycles. The summed E-state index contributed by atoms with van der Waals surface area (Å²) >= 11 is -2.25. The Morgan fingerprint density at radius 3 is 2.75 bits per heavy atom. The summed E-state index contributed by atoms with van der Waals surface area (Å²) < 4.78 is 19.2. The van der Waals surface area contributed by atoms with Crippen LogP contribution in [0.15, 0.2) is 22.8 Å². The lowest BCUT2D eigenvalue weighted by molar-refractivity contribution is -0.428. The van der Waals surface area contributed by atoms with Crippen molar-refractivity contribution < 1.29 is 13.7 Å². The number of rotatable bonds is 2. The van der Waals surface area contributed by atoms with Crippen LogP contribution in [-0.4, -0.2) is 13.7 Å². The van der Waals surface area contributed by atoms with Crippen LogP contribution in [0.1, 0.15) is 12.8 Å². The normalized spacial score (nSPS) is 19.4. The first-order valence-electron chi connectivity index (χ1n) is 3.28. The fourth-order valence-corrected chi connectivity index (χ4v) is 1.56. The van der Waals surface area contributed by atoms with Crippen LogP contribution in [-0.2, 0) is 11.1 Å². The summed E-state index contributed by atoms with van der Waals surface area (Å²) in [4.78, 5) is 9.64. The maximum absolute atomic E-state index is 10.6. The maximum Gasteiger partial charge on any atom is 0.264 e. The predicted molar refractivity (Wildman–Crippen MR) is 43.2 cm³/mol. The molecule has 1 unspecified atom stereocenters. The van der Waals surface area contributed by atoms with Gasteiger partial charge in [-0.15, -0.1) is 0 Å². The summed E-state index contributed by atoms with van der Waals surface area (Å²) in [5.74, 6) is 0. The molecule has 0 aromatic heterocycles. The predicted octanol–water partition coefficient (Wildman–Crippen LogP) is 1.05. The standard InChI is InChI=1S/C6H7NO4S/c8-7(9)5-3-1-2-4-6(5)12(10)11/h2,4H,1,3H2,(H,10,11). The van der Waals surface area contributed by atoms with Gasteiger partial charge in [-0.1, -0.05) is 6.08 Å². The minimum atomic E-state index is -2.25. The van der Waals surface area contributed by atoms with Gasteiger partial charge in [0.05, 0.1) is 4.92 Å². The molecule has 1 rings (SSSR count). The van der Waals surface area contributed by atoms with E-state index in [2.05, 4.69) is 0 Å². The molecule has 1 aliphatic rings. The molecule has 0 fully saturated rings. The van der Waals surface area contributed by atoms with Crippen LogP contribution < -0.4 is 0 Å². The van der Waals surface area contributed by atoms with Gasteiger partial charge in [0.2, 0.25) is 0 Å². The van der Waals surface area contributed by atoms with Crippen LogP contribution >= 0.6 is 0 Å². The van der Waals surface area contributed by atoms with Gasteiger partial charge in [0.15, 0.2) is 11.1 Å². The fourth-order valence-electron chi connectivity index (χ4n) is 0.970. The number of nitro groups is 1. The first kappa shape index (κ1) is 9.08. The molecule has 0 amide bonds. The molecule has 1 N–H and O–H groups in total. The third-order valence-corrected chi connectivity index (χ3v) is 2.26. The lowest BCUT2D eigenvalue weighted by Crippen LogP contribution is -2.08. The molecule has 66 valence electrons. The van der Waals surface area contributed by atoms with Gasteiger partial charge in [-0.3, -0.25) is 10.1 Å². The average Bonchev–Trinajstić information content (AvgIpc) is 2.04. The second-order valence-corrected chi connectivity index (χ2v) is 3.20. The van der Waals surface area contributed by atoms with E-state index in [1.807, 2.05) is 0 Å². The Kier molecular flexibility index (Phi) is 2.72. The summed E-state index contributed by atoms with van der Waals surface area (Å²) in [6.07, 6.45) is 3.76. The molecule has 0 aromatic rings. The van der Waals surface area contributed by atoms with Gasteiger partial charge in [-0.2, -0.15) is 0 Å². The molecule has 0 saturated heterocycles. The summed E-state index contributed by atoms with van der Waals surface area (Å²) in [5, 5.41) is 10.3. The van der Waals surface area contributed by atoms with E-state index >= 15 is 0 Å². The molecule has 5 nitrogen and oxygen atoms in total. The van der Waals surface area contributed by atoms with Gasteiger partial charge in [0.25, 0.3) is 5.70 Å². The van der Waals surface area contributed by atoms with Gasteiger partial charge >= 0.3 is 0 Å². The van der Waals surface area contributed by atoms with Gasteiger partial charge in [0.1, 0.15) is 4.91 Å². The zero-order valence-corrected chi connectivity index (χ0v) is 6.91. The van der Waals surface area contributed by atoms with Crippen LogP contribution in [0.2, 0.25) is 0 Å². The van der Waals surface area contributed by atoms with Crippen molar-refractivity contribution in [1.29, 1.82) is 0 Å². The average molecular weight is 189 g/mol. The zero-order chi connectivity index (χ0) is 9.14. The molecule has 1 atom stereocenters. The van der Waals surface area contributed by atoms with Gasteiger partial charge < -0.3 is 4.55 Å². The van der Waals surface area contributed by atoms with Crippen molar-refractivity contribution in [2.45, 2.75) is 12.8 Å². The molecule has 0 saturated carbocycles. The second-order valence-electron chi connectivity index (χ2n) is 2.26. The molecule has 0 aliphatic heterocycles. The molecule has 0 spiro atoms. The van der Waals surface area contributed by atoms with Crippen molar-refractivity contribution >= 4 is 11.1 Å². The first-order valence-corrected chi connectivity index (χ1v) is 4.38. The highest BCUT2D eigenvalue weighted by Crippen LogP contribution is 2.20. The first-order chi connectivity index (χ1) is 5.63. The fraction of sp³-hybridized carbons (Fsp3) is 0.333. The Morgan fingerprint density at radius 1 is 1.67 bits per heavy atom. The third kappa shape index (κ3) is 1.77. The minimum absolute atomic E-state index is 0.0914. The lowest BCUT2D eigenvalue weighted by Gasteiger charge is -2.04. The van der Waals surface area contributed by atoms with Crippen molar-refractivity contribution in [3.63, 3.8) is 0 Å². The van der Waals surface area contributed by atoms with Crippen LogP contribution in [0.4, 0.5) is 0 Å². The number of hydrogen-bond acceptors (Lipinski definition) is 3. The number of hydrogen-bond donors (Lipinski definition) is 1. The van der Waals surface area contributed by atoms with E-state index in [0.29, 0.717) is 6.42 Å². The van der Waals surface area contributed by atoms with Crippen LogP contribution in [0, 0.1) is 10.1 Å². The van der Waals surface area contributed by atoms with E-state index in [4.69, 9.17) is 4.55 Å². The SMILES string of the molecule is O=[N+]([O-])C1=C(S(=O)O)C=CCC1. The minimum Gasteiger partial charge on any atom is -0.302 e. The van der Waals surface area contributed by atoms with Crippen molar-refractivity contribution in [3.05, 3.63) is 32.9 Å². The van der Waals surface area contributed by atoms with E-state index in [1.54, 1.807) is 6.08 Å². The Bertz CT molecular complexity index is 294. The van der Waals surface area contributed by atoms with E-state index in [0.717, 1.165) is 0 Å². The van der Waals surface area contributed by atoms with Crippen LogP contribution in [0.5, 0.6) is 0 Å². The molecule has 0 bridgehead atoms. The second kappa shape index (κ2) is 3.59. The van der Waals surface area contributed by atoms with Gasteiger partial charge in [0, 0.05) is 6.42 Å². The molecule has 6 heteroatoms. The summed E-state index contributed by atoms with van der Waals surface area (Å²) in [7, 11) is 0. The third-order valence-electron chi connectivity index (χ3n) is 1.51. The van der Waals surface area contributed by atoms with Gasteiger partial charge in [-0.25, -0.2) is 4.21 Å².